The highest BCUT2D eigenvalue weighted by molar-refractivity contribution is 8.00. The Morgan fingerprint density at radius 2 is 2.22 bits per heavy atom. The number of carboxylic acid groups (broad SMARTS) is 1. The molecule has 0 saturated carbocycles. The fraction of sp³-hybridized carbons (Fsp3) is 0.583. The van der Waals surface area contributed by atoms with Crippen molar-refractivity contribution in [2.24, 2.45) is 5.92 Å². The molecule has 1 N–H and O–H groups in total. The van der Waals surface area contributed by atoms with E-state index >= 15 is 0 Å². The molecule has 1 atom stereocenters. The first-order valence-corrected chi connectivity index (χ1v) is 6.80. The molecule has 0 fully saturated rings. The van der Waals surface area contributed by atoms with Gasteiger partial charge in [0.2, 0.25) is 0 Å². The number of hydrogen-bond donors (Lipinski definition) is 1. The lowest BCUT2D eigenvalue weighted by atomic mass is 10.1. The van der Waals surface area contributed by atoms with Crippen molar-refractivity contribution in [2.75, 3.05) is 0 Å². The Morgan fingerprint density at radius 1 is 1.56 bits per heavy atom. The van der Waals surface area contributed by atoms with Crippen molar-refractivity contribution in [2.45, 2.75) is 44.0 Å². The van der Waals surface area contributed by atoms with E-state index in [1.54, 1.807) is 17.0 Å². The quantitative estimate of drug-likeness (QED) is 0.799. The van der Waals surface area contributed by atoms with Crippen molar-refractivity contribution in [3.63, 3.8) is 0 Å². The Morgan fingerprint density at radius 3 is 2.72 bits per heavy atom. The molecule has 1 unspecified atom stereocenters. The highest BCUT2D eigenvalue weighted by Gasteiger charge is 2.24. The zero-order chi connectivity index (χ0) is 13.7. The predicted molar refractivity (Wildman–Crippen MR) is 70.9 cm³/mol. The van der Waals surface area contributed by atoms with Crippen molar-refractivity contribution in [3.05, 3.63) is 22.7 Å². The number of carboxylic acids is 1. The van der Waals surface area contributed by atoms with Crippen LogP contribution in [0.4, 0.5) is 0 Å². The number of aryl methyl sites for hydroxylation is 1. The Labute approximate surface area is 110 Å². The first kappa shape index (κ1) is 14.8. The van der Waals surface area contributed by atoms with Crippen LogP contribution >= 0.6 is 11.8 Å². The smallest absolute Gasteiger partial charge is 0.317 e. The summed E-state index contributed by atoms with van der Waals surface area (Å²) in [4.78, 5) is 27.1. The molecular weight excluding hydrogens is 252 g/mol. The summed E-state index contributed by atoms with van der Waals surface area (Å²) in [5.41, 5.74) is -0.212. The molecule has 6 heteroatoms. The Hall–Kier alpha value is -1.30. The molecule has 0 aromatic carbocycles. The minimum Gasteiger partial charge on any atom is -0.480 e. The van der Waals surface area contributed by atoms with Crippen molar-refractivity contribution in [1.82, 2.24) is 9.55 Å². The molecular formula is C12H18N2O3S. The van der Waals surface area contributed by atoms with Gasteiger partial charge in [-0.1, -0.05) is 32.5 Å². The second-order valence-electron chi connectivity index (χ2n) is 4.35. The van der Waals surface area contributed by atoms with Gasteiger partial charge in [-0.2, -0.15) is 0 Å². The van der Waals surface area contributed by atoms with Crippen LogP contribution in [0.3, 0.4) is 0 Å². The molecule has 5 nitrogen and oxygen atoms in total. The highest BCUT2D eigenvalue weighted by atomic mass is 32.2. The third-order valence-electron chi connectivity index (χ3n) is 2.43. The first-order chi connectivity index (χ1) is 8.47. The average molecular weight is 270 g/mol. The second kappa shape index (κ2) is 6.58. The van der Waals surface area contributed by atoms with Gasteiger partial charge in [0.1, 0.15) is 5.25 Å². The third kappa shape index (κ3) is 3.60. The van der Waals surface area contributed by atoms with Crippen LogP contribution < -0.4 is 5.56 Å². The van der Waals surface area contributed by atoms with E-state index in [1.807, 2.05) is 20.8 Å². The van der Waals surface area contributed by atoms with Gasteiger partial charge in [-0.25, -0.2) is 4.98 Å². The van der Waals surface area contributed by atoms with Gasteiger partial charge in [0.15, 0.2) is 5.03 Å². The summed E-state index contributed by atoms with van der Waals surface area (Å²) in [7, 11) is 0. The summed E-state index contributed by atoms with van der Waals surface area (Å²) in [5.74, 6) is -0.976. The van der Waals surface area contributed by atoms with E-state index in [-0.39, 0.29) is 16.5 Å². The van der Waals surface area contributed by atoms with Crippen LogP contribution in [0.2, 0.25) is 0 Å². The maximum atomic E-state index is 12.0. The van der Waals surface area contributed by atoms with E-state index in [1.165, 1.54) is 0 Å². The largest absolute Gasteiger partial charge is 0.480 e. The highest BCUT2D eigenvalue weighted by Crippen LogP contribution is 2.24. The van der Waals surface area contributed by atoms with Crippen LogP contribution in [0.25, 0.3) is 0 Å². The van der Waals surface area contributed by atoms with E-state index in [0.29, 0.717) is 6.54 Å². The number of carbonyl (C=O) groups is 1. The molecule has 0 aliphatic rings. The van der Waals surface area contributed by atoms with Gasteiger partial charge in [-0.15, -0.1) is 0 Å². The van der Waals surface area contributed by atoms with Gasteiger partial charge < -0.3 is 9.67 Å². The third-order valence-corrected chi connectivity index (χ3v) is 3.94. The van der Waals surface area contributed by atoms with Crippen LogP contribution in [0.5, 0.6) is 0 Å². The molecule has 0 aliphatic heterocycles. The van der Waals surface area contributed by atoms with Crippen molar-refractivity contribution < 1.29 is 9.90 Å². The molecule has 1 heterocycles. The minimum atomic E-state index is -0.915. The first-order valence-electron chi connectivity index (χ1n) is 5.92. The van der Waals surface area contributed by atoms with E-state index in [2.05, 4.69) is 4.98 Å². The van der Waals surface area contributed by atoms with Crippen LogP contribution in [-0.2, 0) is 11.3 Å². The number of aromatic nitrogens is 2. The topological polar surface area (TPSA) is 72.2 Å². The molecule has 0 spiro atoms. The standard InChI is InChI=1S/C12H18N2O3S/c1-4-6-14-7-5-13-10(11(14)15)18-9(8(2)3)12(16)17/h5,7-9H,4,6H2,1-3H3,(H,16,17). The van der Waals surface area contributed by atoms with Gasteiger partial charge in [-0.05, 0) is 12.3 Å². The van der Waals surface area contributed by atoms with E-state index in [0.717, 1.165) is 18.2 Å². The van der Waals surface area contributed by atoms with Crippen LogP contribution in [0, 0.1) is 5.92 Å². The molecule has 0 aliphatic carbocycles. The lowest BCUT2D eigenvalue weighted by Crippen LogP contribution is -2.27. The van der Waals surface area contributed by atoms with Crippen molar-refractivity contribution in [3.8, 4) is 0 Å². The number of nitrogens with zero attached hydrogens (tertiary/aromatic N) is 2. The number of hydrogen-bond acceptors (Lipinski definition) is 4. The van der Waals surface area contributed by atoms with Gasteiger partial charge in [0.25, 0.3) is 5.56 Å². The molecule has 100 valence electrons. The predicted octanol–water partition coefficient (Wildman–Crippen LogP) is 1.85. The summed E-state index contributed by atoms with van der Waals surface area (Å²) < 4.78 is 1.56. The van der Waals surface area contributed by atoms with Crippen molar-refractivity contribution in [1.29, 1.82) is 0 Å². The number of aliphatic carboxylic acids is 1. The average Bonchev–Trinajstić information content (AvgIpc) is 2.29. The molecule has 0 amide bonds. The van der Waals surface area contributed by atoms with Crippen LogP contribution in [0.1, 0.15) is 27.2 Å². The SMILES string of the molecule is CCCn1ccnc(SC(C(=O)O)C(C)C)c1=O. The van der Waals surface area contributed by atoms with E-state index in [4.69, 9.17) is 5.11 Å². The zero-order valence-electron chi connectivity index (χ0n) is 10.8. The van der Waals surface area contributed by atoms with E-state index in [9.17, 15) is 9.59 Å². The Bertz CT molecular complexity index is 471. The lowest BCUT2D eigenvalue weighted by molar-refractivity contribution is -0.137. The summed E-state index contributed by atoms with van der Waals surface area (Å²) in [6.45, 7) is 6.24. The number of rotatable bonds is 6. The summed E-state index contributed by atoms with van der Waals surface area (Å²) in [6.07, 6.45) is 4.01. The fourth-order valence-corrected chi connectivity index (χ4v) is 2.47. The maximum absolute atomic E-state index is 12.0. The van der Waals surface area contributed by atoms with Gasteiger partial charge >= 0.3 is 5.97 Å². The lowest BCUT2D eigenvalue weighted by Gasteiger charge is -2.15. The zero-order valence-corrected chi connectivity index (χ0v) is 11.6. The minimum absolute atomic E-state index is 0.0615. The van der Waals surface area contributed by atoms with Gasteiger partial charge in [0, 0.05) is 18.9 Å². The Kier molecular flexibility index (Phi) is 5.40. The monoisotopic (exact) mass is 270 g/mol. The summed E-state index contributed by atoms with van der Waals surface area (Å²) in [5, 5.41) is 8.72. The van der Waals surface area contributed by atoms with E-state index < -0.39 is 11.2 Å². The molecule has 1 aromatic heterocycles. The number of thioether (sulfide) groups is 1. The molecule has 1 aromatic rings. The Balaban J connectivity index is 3.00. The normalized spacial score (nSPS) is 12.7. The van der Waals surface area contributed by atoms with Gasteiger partial charge in [-0.3, -0.25) is 9.59 Å². The van der Waals surface area contributed by atoms with Gasteiger partial charge in [0.05, 0.1) is 0 Å². The fourth-order valence-electron chi connectivity index (χ4n) is 1.52. The maximum Gasteiger partial charge on any atom is 0.317 e. The second-order valence-corrected chi connectivity index (χ2v) is 5.48. The molecule has 0 bridgehead atoms. The summed E-state index contributed by atoms with van der Waals surface area (Å²) >= 11 is 1.03. The molecule has 1 rings (SSSR count). The van der Waals surface area contributed by atoms with Crippen LogP contribution in [-0.4, -0.2) is 25.9 Å². The van der Waals surface area contributed by atoms with Crippen molar-refractivity contribution >= 4 is 17.7 Å². The molecule has 0 saturated heterocycles. The summed E-state index contributed by atoms with van der Waals surface area (Å²) in [6, 6.07) is 0. The molecule has 0 radical (unpaired) electrons. The van der Waals surface area contributed by atoms with Crippen LogP contribution in [0.15, 0.2) is 22.2 Å². The molecule has 18 heavy (non-hydrogen) atoms.